The highest BCUT2D eigenvalue weighted by atomic mass is 32.1. The normalized spacial score (nSPS) is 14.5. The molecule has 0 atom stereocenters. The van der Waals surface area contributed by atoms with Crippen molar-refractivity contribution < 1.29 is 0 Å². The summed E-state index contributed by atoms with van der Waals surface area (Å²) in [6, 6.07) is 43.2. The molecule has 0 aliphatic carbocycles. The molecule has 7 aromatic rings. The lowest BCUT2D eigenvalue weighted by Crippen LogP contribution is -2.61. The predicted molar refractivity (Wildman–Crippen MR) is 267 cm³/mol. The van der Waals surface area contributed by atoms with E-state index in [9.17, 15) is 0 Å². The molecule has 0 unspecified atom stereocenters. The number of nitrogens with zero attached hydrogens (tertiary/aromatic N) is 2. The predicted octanol–water partition coefficient (Wildman–Crippen LogP) is 14.6. The summed E-state index contributed by atoms with van der Waals surface area (Å²) in [5.74, 6) is 0. The molecule has 2 nitrogen and oxygen atoms in total. The smallest absolute Gasteiger partial charge is 0.254 e. The van der Waals surface area contributed by atoms with E-state index >= 15 is 0 Å². The second-order valence-corrected chi connectivity index (χ2v) is 23.9. The van der Waals surface area contributed by atoms with Crippen molar-refractivity contribution in [3.63, 3.8) is 0 Å². The molecule has 0 N–H and O–H groups in total. The Labute approximate surface area is 364 Å². The van der Waals surface area contributed by atoms with E-state index in [-0.39, 0.29) is 33.8 Å². The molecule has 0 spiro atoms. The molecule has 1 aromatic heterocycles. The molecule has 2 aliphatic heterocycles. The zero-order chi connectivity index (χ0) is 43.1. The summed E-state index contributed by atoms with van der Waals surface area (Å²) in [6.07, 6.45) is 0. The van der Waals surface area contributed by atoms with Gasteiger partial charge in [0.2, 0.25) is 0 Å². The van der Waals surface area contributed by atoms with Crippen molar-refractivity contribution in [1.29, 1.82) is 0 Å². The number of hydrogen-bond acceptors (Lipinski definition) is 3. The van der Waals surface area contributed by atoms with Crippen LogP contribution in [0.1, 0.15) is 132 Å². The fraction of sp³-hybridized carbons (Fsp3) is 0.357. The van der Waals surface area contributed by atoms with Crippen LogP contribution < -0.4 is 26.2 Å². The molecule has 0 amide bonds. The molecule has 0 radical (unpaired) electrons. The fourth-order valence-electron chi connectivity index (χ4n) is 9.46. The van der Waals surface area contributed by atoms with E-state index in [2.05, 4.69) is 223 Å². The minimum Gasteiger partial charge on any atom is -0.311 e. The van der Waals surface area contributed by atoms with Crippen molar-refractivity contribution in [2.45, 2.75) is 131 Å². The Balaban J connectivity index is 1.42. The third kappa shape index (κ3) is 6.60. The SMILES string of the molecule is CC(C)(C)c1ccc(N2c3ccc(C(C)(C)C)cc3B3c4c2cccc4N(c2cc(C(C)(C)C)cc(C(C)(C)C)c2)c2ccc4c(sc5ccc(C(C)(C)C)cc54)c23)cc1. The maximum absolute atomic E-state index is 2.62. The summed E-state index contributed by atoms with van der Waals surface area (Å²) < 4.78 is 2.74. The molecule has 6 aromatic carbocycles. The van der Waals surface area contributed by atoms with Crippen LogP contribution in [0, 0.1) is 0 Å². The first-order valence-corrected chi connectivity index (χ1v) is 22.9. The molecular weight excluding hydrogens is 744 g/mol. The van der Waals surface area contributed by atoms with Gasteiger partial charge in [-0.05, 0) is 137 Å². The molecule has 0 saturated heterocycles. The van der Waals surface area contributed by atoms with Crippen LogP contribution in [0.2, 0.25) is 0 Å². The van der Waals surface area contributed by atoms with Crippen LogP contribution in [0.15, 0.2) is 109 Å². The highest BCUT2D eigenvalue weighted by Crippen LogP contribution is 2.48. The largest absolute Gasteiger partial charge is 0.311 e. The molecule has 306 valence electrons. The van der Waals surface area contributed by atoms with Gasteiger partial charge in [-0.1, -0.05) is 152 Å². The Morgan fingerprint density at radius 2 is 0.867 bits per heavy atom. The van der Waals surface area contributed by atoms with Gasteiger partial charge in [0.1, 0.15) is 0 Å². The van der Waals surface area contributed by atoms with E-state index in [1.807, 2.05) is 11.3 Å². The van der Waals surface area contributed by atoms with Crippen LogP contribution in [0.3, 0.4) is 0 Å². The molecular formula is C56H63BN2S. The average molecular weight is 807 g/mol. The van der Waals surface area contributed by atoms with Crippen LogP contribution in [0.4, 0.5) is 34.1 Å². The Hall–Kier alpha value is -4.80. The van der Waals surface area contributed by atoms with Gasteiger partial charge in [-0.25, -0.2) is 0 Å². The number of thiophene rings is 1. The first kappa shape index (κ1) is 40.6. The molecule has 0 saturated carbocycles. The lowest BCUT2D eigenvalue weighted by molar-refractivity contribution is 0.568. The van der Waals surface area contributed by atoms with E-state index in [0.29, 0.717) is 0 Å². The molecule has 2 aliphatic rings. The monoisotopic (exact) mass is 806 g/mol. The fourth-order valence-corrected chi connectivity index (χ4v) is 10.7. The van der Waals surface area contributed by atoms with Crippen LogP contribution >= 0.6 is 11.3 Å². The van der Waals surface area contributed by atoms with Crippen molar-refractivity contribution in [2.75, 3.05) is 9.80 Å². The second-order valence-electron chi connectivity index (χ2n) is 22.8. The zero-order valence-corrected chi connectivity index (χ0v) is 39.6. The van der Waals surface area contributed by atoms with Crippen molar-refractivity contribution in [3.05, 3.63) is 137 Å². The highest BCUT2D eigenvalue weighted by molar-refractivity contribution is 7.28. The minimum absolute atomic E-state index is 0.0126. The number of hydrogen-bond donors (Lipinski definition) is 0. The first-order chi connectivity index (χ1) is 27.9. The van der Waals surface area contributed by atoms with Gasteiger partial charge in [-0.3, -0.25) is 0 Å². The summed E-state index contributed by atoms with van der Waals surface area (Å²) in [6.45, 7) is 35.1. The Morgan fingerprint density at radius 3 is 1.43 bits per heavy atom. The van der Waals surface area contributed by atoms with Crippen molar-refractivity contribution in [1.82, 2.24) is 0 Å². The molecule has 0 bridgehead atoms. The topological polar surface area (TPSA) is 6.48 Å². The lowest BCUT2D eigenvalue weighted by Gasteiger charge is -2.45. The van der Waals surface area contributed by atoms with E-state index in [1.165, 1.54) is 98.5 Å². The first-order valence-electron chi connectivity index (χ1n) is 22.1. The van der Waals surface area contributed by atoms with Crippen LogP contribution in [-0.4, -0.2) is 6.71 Å². The standard InChI is InChI=1S/C56H63BN2S/c1-52(2,3)34-19-23-39(24-20-34)58-44-26-21-36(54(7,8)9)33-43(44)57-49-45(58)17-16-18-46(49)59(40-30-37(55(10,11)12)29-38(31-40)56(13,14)15)47-27-25-41-42-32-35(53(4,5)6)22-28-48(42)60-51(41)50(47)57/h16-33H,1-15H3. The molecule has 9 rings (SSSR count). The number of benzene rings is 6. The lowest BCUT2D eigenvalue weighted by atomic mass is 9.33. The third-order valence-electron chi connectivity index (χ3n) is 13.2. The van der Waals surface area contributed by atoms with Crippen LogP contribution in [0.5, 0.6) is 0 Å². The summed E-state index contributed by atoms with van der Waals surface area (Å²) in [7, 11) is 0. The van der Waals surface area contributed by atoms with Crippen molar-refractivity contribution >= 4 is 88.7 Å². The second kappa shape index (κ2) is 13.4. The summed E-state index contributed by atoms with van der Waals surface area (Å²) in [5.41, 5.74) is 18.5. The van der Waals surface area contributed by atoms with Gasteiger partial charge < -0.3 is 9.80 Å². The van der Waals surface area contributed by atoms with Gasteiger partial charge in [0.05, 0.1) is 0 Å². The molecule has 60 heavy (non-hydrogen) atoms. The van der Waals surface area contributed by atoms with Gasteiger partial charge in [0, 0.05) is 48.9 Å². The third-order valence-corrected chi connectivity index (χ3v) is 14.4. The van der Waals surface area contributed by atoms with Gasteiger partial charge in [0.15, 0.2) is 0 Å². The van der Waals surface area contributed by atoms with Gasteiger partial charge in [0.25, 0.3) is 6.71 Å². The van der Waals surface area contributed by atoms with E-state index in [0.717, 1.165) is 0 Å². The quantitative estimate of drug-likeness (QED) is 0.161. The Kier molecular flexibility index (Phi) is 9.03. The van der Waals surface area contributed by atoms with Gasteiger partial charge in [-0.15, -0.1) is 11.3 Å². The molecule has 3 heterocycles. The van der Waals surface area contributed by atoms with Crippen molar-refractivity contribution in [3.8, 4) is 0 Å². The van der Waals surface area contributed by atoms with E-state index < -0.39 is 0 Å². The summed E-state index contributed by atoms with van der Waals surface area (Å²) in [4.78, 5) is 5.18. The zero-order valence-electron chi connectivity index (χ0n) is 38.8. The van der Waals surface area contributed by atoms with E-state index in [1.54, 1.807) is 0 Å². The van der Waals surface area contributed by atoms with Gasteiger partial charge >= 0.3 is 0 Å². The van der Waals surface area contributed by atoms with Crippen LogP contribution in [-0.2, 0) is 27.1 Å². The Bertz CT molecular complexity index is 2810. The average Bonchev–Trinajstić information content (AvgIpc) is 3.54. The summed E-state index contributed by atoms with van der Waals surface area (Å²) in [5, 5.41) is 2.72. The van der Waals surface area contributed by atoms with Crippen molar-refractivity contribution in [2.24, 2.45) is 0 Å². The van der Waals surface area contributed by atoms with Crippen LogP contribution in [0.25, 0.3) is 20.2 Å². The van der Waals surface area contributed by atoms with Gasteiger partial charge in [-0.2, -0.15) is 0 Å². The van der Waals surface area contributed by atoms with E-state index in [4.69, 9.17) is 0 Å². The number of rotatable bonds is 2. The number of fused-ring (bicyclic) bond motifs is 8. The summed E-state index contributed by atoms with van der Waals surface area (Å²) >= 11 is 1.98. The number of anilines is 6. The Morgan fingerprint density at radius 1 is 0.383 bits per heavy atom. The minimum atomic E-state index is -0.0220. The maximum atomic E-state index is 2.62. The highest BCUT2D eigenvalue weighted by Gasteiger charge is 2.45. The molecule has 4 heteroatoms. The molecule has 0 fully saturated rings. The maximum Gasteiger partial charge on any atom is 0.254 e.